The van der Waals surface area contributed by atoms with E-state index in [0.29, 0.717) is 50.8 Å². The summed E-state index contributed by atoms with van der Waals surface area (Å²) in [6, 6.07) is 14.8. The van der Waals surface area contributed by atoms with Gasteiger partial charge in [-0.15, -0.1) is 0 Å². The largest absolute Gasteiger partial charge is 0.493 e. The first-order chi connectivity index (χ1) is 15.9. The molecule has 0 spiro atoms. The highest BCUT2D eigenvalue weighted by molar-refractivity contribution is 7.53. The first-order valence-electron chi connectivity index (χ1n) is 11.0. The number of hydrogen-bond donors (Lipinski definition) is 1. The van der Waals surface area contributed by atoms with Gasteiger partial charge in [0.05, 0.1) is 19.8 Å². The van der Waals surface area contributed by atoms with Crippen molar-refractivity contribution in [1.29, 1.82) is 0 Å². The van der Waals surface area contributed by atoms with Crippen molar-refractivity contribution >= 4 is 13.6 Å². The zero-order chi connectivity index (χ0) is 24.1. The van der Waals surface area contributed by atoms with Crippen molar-refractivity contribution in [2.45, 2.75) is 39.7 Å². The van der Waals surface area contributed by atoms with Gasteiger partial charge in [-0.3, -0.25) is 4.57 Å². The first kappa shape index (κ1) is 26.9. The van der Waals surface area contributed by atoms with Crippen molar-refractivity contribution in [1.82, 2.24) is 0 Å². The van der Waals surface area contributed by atoms with Crippen LogP contribution in [0.2, 0.25) is 0 Å². The number of benzene rings is 2. The van der Waals surface area contributed by atoms with E-state index >= 15 is 0 Å². The molecule has 0 heterocycles. The molecular formula is C24H33O8P. The van der Waals surface area contributed by atoms with Crippen LogP contribution in [0.4, 0.5) is 0 Å². The molecule has 2 aromatic rings. The van der Waals surface area contributed by atoms with Crippen LogP contribution in [-0.2, 0) is 36.0 Å². The third-order valence-corrected chi connectivity index (χ3v) is 6.36. The standard InChI is InChI=1S/C24H33O8P/c1-4-28-23(24(25)26)17-20-9-13-21(14-10-20)29-16-15-19-7-11-22(12-8-19)30-18-33(27,31-5-2)32-6-3/h7-14,23H,4-6,15-18H2,1-3H3,(H,25,26)/t23-/m0/s1. The molecule has 0 aliphatic heterocycles. The molecule has 0 unspecified atom stereocenters. The number of rotatable bonds is 16. The summed E-state index contributed by atoms with van der Waals surface area (Å²) in [6.45, 7) is 6.71. The molecule has 0 radical (unpaired) electrons. The van der Waals surface area contributed by atoms with Gasteiger partial charge in [-0.1, -0.05) is 24.3 Å². The Hall–Kier alpha value is -2.38. The van der Waals surface area contributed by atoms with Crippen LogP contribution < -0.4 is 9.47 Å². The molecule has 0 saturated heterocycles. The summed E-state index contributed by atoms with van der Waals surface area (Å²) in [6.07, 6.45) is 0.0241. The van der Waals surface area contributed by atoms with E-state index in [-0.39, 0.29) is 6.35 Å². The van der Waals surface area contributed by atoms with E-state index in [1.54, 1.807) is 20.8 Å². The molecule has 0 fully saturated rings. The monoisotopic (exact) mass is 480 g/mol. The number of hydrogen-bond acceptors (Lipinski definition) is 7. The normalized spacial score (nSPS) is 12.3. The maximum Gasteiger partial charge on any atom is 0.367 e. The molecule has 0 amide bonds. The summed E-state index contributed by atoms with van der Waals surface area (Å²) in [7, 11) is -3.25. The average molecular weight is 480 g/mol. The van der Waals surface area contributed by atoms with Crippen LogP contribution in [0.15, 0.2) is 48.5 Å². The van der Waals surface area contributed by atoms with E-state index in [1.807, 2.05) is 48.5 Å². The van der Waals surface area contributed by atoms with Gasteiger partial charge in [0.1, 0.15) is 11.5 Å². The van der Waals surface area contributed by atoms with E-state index in [9.17, 15) is 14.5 Å². The van der Waals surface area contributed by atoms with E-state index in [2.05, 4.69) is 0 Å². The van der Waals surface area contributed by atoms with Gasteiger partial charge in [0.15, 0.2) is 12.5 Å². The van der Waals surface area contributed by atoms with Crippen LogP contribution in [0.25, 0.3) is 0 Å². The second-order valence-corrected chi connectivity index (χ2v) is 9.09. The van der Waals surface area contributed by atoms with Crippen molar-refractivity contribution in [2.75, 3.05) is 32.8 Å². The Balaban J connectivity index is 1.79. The molecule has 9 heteroatoms. The van der Waals surface area contributed by atoms with Crippen molar-refractivity contribution in [3.05, 3.63) is 59.7 Å². The third kappa shape index (κ3) is 9.56. The van der Waals surface area contributed by atoms with Crippen LogP contribution in [-0.4, -0.2) is 50.0 Å². The van der Waals surface area contributed by atoms with Crippen molar-refractivity contribution in [3.63, 3.8) is 0 Å². The number of carboxylic acids is 1. The van der Waals surface area contributed by atoms with Crippen LogP contribution in [0.5, 0.6) is 11.5 Å². The highest BCUT2D eigenvalue weighted by Crippen LogP contribution is 2.47. The van der Waals surface area contributed by atoms with E-state index in [4.69, 9.17) is 23.3 Å². The minimum absolute atomic E-state index is 0.134. The Bertz CT molecular complexity index is 872. The van der Waals surface area contributed by atoms with Crippen LogP contribution in [0, 0.1) is 0 Å². The van der Waals surface area contributed by atoms with Crippen LogP contribution in [0.1, 0.15) is 31.9 Å². The van der Waals surface area contributed by atoms with Gasteiger partial charge >= 0.3 is 13.6 Å². The Morgan fingerprint density at radius 1 is 0.848 bits per heavy atom. The highest BCUT2D eigenvalue weighted by Gasteiger charge is 2.24. The van der Waals surface area contributed by atoms with E-state index in [1.165, 1.54) is 0 Å². The lowest BCUT2D eigenvalue weighted by Gasteiger charge is -2.17. The molecule has 0 aliphatic carbocycles. The molecule has 0 aliphatic rings. The summed E-state index contributed by atoms with van der Waals surface area (Å²) >= 11 is 0. The maximum atomic E-state index is 12.4. The Labute approximate surface area is 195 Å². The number of aliphatic carboxylic acids is 1. The quantitative estimate of drug-likeness (QED) is 0.337. The average Bonchev–Trinajstić information content (AvgIpc) is 2.80. The molecule has 33 heavy (non-hydrogen) atoms. The van der Waals surface area contributed by atoms with Gasteiger partial charge < -0.3 is 28.4 Å². The van der Waals surface area contributed by atoms with Crippen LogP contribution in [0.3, 0.4) is 0 Å². The fourth-order valence-electron chi connectivity index (χ4n) is 3.05. The SMILES string of the molecule is CCO[C@@H](Cc1ccc(OCCc2ccc(OCP(=O)(OCC)OCC)cc2)cc1)C(=O)O. The highest BCUT2D eigenvalue weighted by atomic mass is 31.2. The molecule has 2 rings (SSSR count). The number of carbonyl (C=O) groups is 1. The topological polar surface area (TPSA) is 101 Å². The Morgan fingerprint density at radius 2 is 1.39 bits per heavy atom. The molecule has 1 atom stereocenters. The molecular weight excluding hydrogens is 447 g/mol. The zero-order valence-electron chi connectivity index (χ0n) is 19.4. The van der Waals surface area contributed by atoms with Gasteiger partial charge in [-0.2, -0.15) is 0 Å². The first-order valence-corrected chi connectivity index (χ1v) is 12.8. The molecule has 0 saturated carbocycles. The maximum absolute atomic E-state index is 12.4. The smallest absolute Gasteiger partial charge is 0.367 e. The predicted molar refractivity (Wildman–Crippen MR) is 125 cm³/mol. The van der Waals surface area contributed by atoms with Gasteiger partial charge in [-0.25, -0.2) is 4.79 Å². The van der Waals surface area contributed by atoms with Gasteiger partial charge in [0.25, 0.3) is 0 Å². The van der Waals surface area contributed by atoms with E-state index < -0.39 is 19.7 Å². The summed E-state index contributed by atoms with van der Waals surface area (Å²) in [5, 5.41) is 9.19. The minimum Gasteiger partial charge on any atom is -0.493 e. The van der Waals surface area contributed by atoms with Gasteiger partial charge in [-0.05, 0) is 56.2 Å². The van der Waals surface area contributed by atoms with Crippen LogP contribution >= 0.6 is 7.60 Å². The summed E-state index contributed by atoms with van der Waals surface area (Å²) in [5.74, 6) is 0.331. The fourth-order valence-corrected chi connectivity index (χ4v) is 4.37. The third-order valence-electron chi connectivity index (χ3n) is 4.61. The molecule has 182 valence electrons. The van der Waals surface area contributed by atoms with E-state index in [0.717, 1.165) is 11.1 Å². The molecule has 1 N–H and O–H groups in total. The molecule has 0 bridgehead atoms. The fraction of sp³-hybridized carbons (Fsp3) is 0.458. The molecule has 2 aromatic carbocycles. The van der Waals surface area contributed by atoms with Gasteiger partial charge in [0.2, 0.25) is 0 Å². The zero-order valence-corrected chi connectivity index (χ0v) is 20.3. The summed E-state index contributed by atoms with van der Waals surface area (Å²) < 4.78 is 39.5. The van der Waals surface area contributed by atoms with Gasteiger partial charge in [0, 0.05) is 19.4 Å². The van der Waals surface area contributed by atoms with Crippen molar-refractivity contribution in [2.24, 2.45) is 0 Å². The van der Waals surface area contributed by atoms with Crippen molar-refractivity contribution < 1.29 is 37.7 Å². The lowest BCUT2D eigenvalue weighted by molar-refractivity contribution is -0.149. The predicted octanol–water partition coefficient (Wildman–Crippen LogP) is 4.94. The molecule has 0 aromatic heterocycles. The lowest BCUT2D eigenvalue weighted by atomic mass is 10.1. The summed E-state index contributed by atoms with van der Waals surface area (Å²) in [4.78, 5) is 11.2. The second-order valence-electron chi connectivity index (χ2n) is 7.09. The Morgan fingerprint density at radius 3 is 1.91 bits per heavy atom. The van der Waals surface area contributed by atoms with Crippen molar-refractivity contribution in [3.8, 4) is 11.5 Å². The summed E-state index contributed by atoms with van der Waals surface area (Å²) in [5.41, 5.74) is 1.94. The lowest BCUT2D eigenvalue weighted by Crippen LogP contribution is -2.26. The Kier molecular flexibility index (Phi) is 11.4. The molecule has 8 nitrogen and oxygen atoms in total. The number of ether oxygens (including phenoxy) is 3. The number of carboxylic acid groups (broad SMARTS) is 1. The minimum atomic E-state index is -3.25. The second kappa shape index (κ2) is 14.0.